The third kappa shape index (κ3) is 4.21. The van der Waals surface area contributed by atoms with Crippen molar-refractivity contribution in [3.05, 3.63) is 70.3 Å². The first-order chi connectivity index (χ1) is 13.9. The fourth-order valence-electron chi connectivity index (χ4n) is 3.50. The van der Waals surface area contributed by atoms with Crippen LogP contribution in [0.4, 0.5) is 0 Å². The van der Waals surface area contributed by atoms with Gasteiger partial charge in [-0.1, -0.05) is 6.07 Å². The molecular weight excluding hydrogens is 364 g/mol. The highest BCUT2D eigenvalue weighted by Gasteiger charge is 2.40. The molecule has 0 aliphatic heterocycles. The van der Waals surface area contributed by atoms with Crippen LogP contribution in [0, 0.1) is 19.8 Å². The molecule has 3 aromatic heterocycles. The molecule has 3 aromatic rings. The minimum atomic E-state index is -0.0225. The number of ether oxygens (including phenoxy) is 1. The normalized spacial score (nSPS) is 18.1. The van der Waals surface area contributed by atoms with Crippen LogP contribution in [0.25, 0.3) is 11.1 Å². The summed E-state index contributed by atoms with van der Waals surface area (Å²) >= 11 is 0. The lowest BCUT2D eigenvalue weighted by molar-refractivity contribution is 0.285. The number of nitrogens with zero attached hydrogens (tertiary/aromatic N) is 4. The van der Waals surface area contributed by atoms with Crippen molar-refractivity contribution in [3.8, 4) is 17.0 Å². The highest BCUT2D eigenvalue weighted by molar-refractivity contribution is 5.66. The van der Waals surface area contributed by atoms with E-state index in [4.69, 9.17) is 4.74 Å². The predicted molar refractivity (Wildman–Crippen MR) is 112 cm³/mol. The first-order valence-corrected chi connectivity index (χ1v) is 10.0. The van der Waals surface area contributed by atoms with E-state index in [0.29, 0.717) is 30.1 Å². The van der Waals surface area contributed by atoms with E-state index in [2.05, 4.69) is 27.1 Å². The van der Waals surface area contributed by atoms with Crippen LogP contribution in [-0.2, 0) is 0 Å². The van der Waals surface area contributed by atoms with Crippen molar-refractivity contribution < 1.29 is 4.74 Å². The lowest BCUT2D eigenvalue weighted by atomic mass is 10.1. The van der Waals surface area contributed by atoms with Gasteiger partial charge >= 0.3 is 0 Å². The summed E-state index contributed by atoms with van der Waals surface area (Å²) in [4.78, 5) is 25.5. The molecule has 0 N–H and O–H groups in total. The molecule has 6 heteroatoms. The van der Waals surface area contributed by atoms with Crippen LogP contribution in [0.2, 0.25) is 0 Å². The molecule has 2 unspecified atom stereocenters. The van der Waals surface area contributed by atoms with Gasteiger partial charge in [-0.05, 0) is 51.8 Å². The standard InChI is InChI=1S/C23H26N4O2/c1-14(2)27-12-17(6-8-22(27)28)20-11-24-16(4)26-23(20)29-13-18-9-19(18)21-7-5-15(3)10-25-21/h5-8,10-12,14,18-19H,9,13H2,1-4H3. The Labute approximate surface area is 170 Å². The highest BCUT2D eigenvalue weighted by Crippen LogP contribution is 2.47. The Hall–Kier alpha value is -3.02. The Bertz CT molecular complexity index is 1070. The van der Waals surface area contributed by atoms with Gasteiger partial charge in [-0.15, -0.1) is 0 Å². The van der Waals surface area contributed by atoms with Crippen molar-refractivity contribution in [1.82, 2.24) is 19.5 Å². The van der Waals surface area contributed by atoms with Crippen LogP contribution < -0.4 is 10.3 Å². The Morgan fingerprint density at radius 2 is 1.97 bits per heavy atom. The van der Waals surface area contributed by atoms with Gasteiger partial charge in [-0.2, -0.15) is 4.98 Å². The van der Waals surface area contributed by atoms with Crippen LogP contribution >= 0.6 is 0 Å². The summed E-state index contributed by atoms with van der Waals surface area (Å²) in [5.74, 6) is 2.12. The van der Waals surface area contributed by atoms with Gasteiger partial charge in [0, 0.05) is 53.8 Å². The van der Waals surface area contributed by atoms with E-state index in [1.54, 1.807) is 22.9 Å². The number of aryl methyl sites for hydroxylation is 2. The summed E-state index contributed by atoms with van der Waals surface area (Å²) in [6.07, 6.45) is 6.62. The van der Waals surface area contributed by atoms with E-state index in [1.807, 2.05) is 40.1 Å². The fraction of sp³-hybridized carbons (Fsp3) is 0.391. The van der Waals surface area contributed by atoms with E-state index in [9.17, 15) is 4.79 Å². The van der Waals surface area contributed by atoms with Gasteiger partial charge in [0.25, 0.3) is 5.56 Å². The first kappa shape index (κ1) is 19.3. The molecule has 0 amide bonds. The molecule has 2 atom stereocenters. The molecule has 0 spiro atoms. The predicted octanol–water partition coefficient (Wildman–Crippen LogP) is 4.08. The molecule has 1 aliphatic rings. The van der Waals surface area contributed by atoms with E-state index in [1.165, 1.54) is 5.56 Å². The van der Waals surface area contributed by atoms with E-state index >= 15 is 0 Å². The second kappa shape index (κ2) is 7.78. The number of hydrogen-bond donors (Lipinski definition) is 0. The van der Waals surface area contributed by atoms with Gasteiger partial charge in [0.15, 0.2) is 0 Å². The van der Waals surface area contributed by atoms with Gasteiger partial charge in [-0.3, -0.25) is 9.78 Å². The molecule has 0 saturated heterocycles. The summed E-state index contributed by atoms with van der Waals surface area (Å²) in [5, 5.41) is 0. The topological polar surface area (TPSA) is 69.9 Å². The zero-order valence-electron chi connectivity index (χ0n) is 17.3. The van der Waals surface area contributed by atoms with Crippen molar-refractivity contribution in [2.24, 2.45) is 5.92 Å². The maximum atomic E-state index is 12.1. The molecule has 1 aliphatic carbocycles. The Morgan fingerprint density at radius 3 is 2.69 bits per heavy atom. The molecule has 29 heavy (non-hydrogen) atoms. The van der Waals surface area contributed by atoms with Crippen molar-refractivity contribution in [2.75, 3.05) is 6.61 Å². The molecule has 6 nitrogen and oxygen atoms in total. The second-order valence-corrected chi connectivity index (χ2v) is 8.07. The third-order valence-corrected chi connectivity index (χ3v) is 5.35. The van der Waals surface area contributed by atoms with Crippen LogP contribution in [0.5, 0.6) is 5.88 Å². The molecule has 0 bridgehead atoms. The lowest BCUT2D eigenvalue weighted by Gasteiger charge is -2.14. The summed E-state index contributed by atoms with van der Waals surface area (Å²) in [6.45, 7) is 8.46. The Balaban J connectivity index is 1.53. The molecule has 3 heterocycles. The SMILES string of the molecule is Cc1ccc(C2CC2COc2nc(C)ncc2-c2ccc(=O)n(C(C)C)c2)nc1. The van der Waals surface area contributed by atoms with E-state index in [-0.39, 0.29) is 11.6 Å². The number of aromatic nitrogens is 4. The number of rotatable bonds is 6. The van der Waals surface area contributed by atoms with Crippen molar-refractivity contribution in [2.45, 2.75) is 46.1 Å². The molecule has 1 fully saturated rings. The quantitative estimate of drug-likeness (QED) is 0.634. The Kier molecular flexibility index (Phi) is 5.18. The maximum absolute atomic E-state index is 12.1. The van der Waals surface area contributed by atoms with Crippen LogP contribution in [-0.4, -0.2) is 26.1 Å². The second-order valence-electron chi connectivity index (χ2n) is 8.07. The van der Waals surface area contributed by atoms with Gasteiger partial charge in [0.2, 0.25) is 5.88 Å². The smallest absolute Gasteiger partial charge is 0.250 e. The Morgan fingerprint density at radius 1 is 1.14 bits per heavy atom. The maximum Gasteiger partial charge on any atom is 0.250 e. The largest absolute Gasteiger partial charge is 0.477 e. The van der Waals surface area contributed by atoms with Gasteiger partial charge in [0.05, 0.1) is 12.2 Å². The van der Waals surface area contributed by atoms with Crippen LogP contribution in [0.1, 0.15) is 49.3 Å². The van der Waals surface area contributed by atoms with E-state index < -0.39 is 0 Å². The first-order valence-electron chi connectivity index (χ1n) is 10.0. The molecule has 0 aromatic carbocycles. The van der Waals surface area contributed by atoms with E-state index in [0.717, 1.165) is 23.2 Å². The van der Waals surface area contributed by atoms with Crippen LogP contribution in [0.3, 0.4) is 0 Å². The molecule has 4 rings (SSSR count). The average Bonchev–Trinajstić information content (AvgIpc) is 3.47. The van der Waals surface area contributed by atoms with Crippen molar-refractivity contribution in [3.63, 3.8) is 0 Å². The van der Waals surface area contributed by atoms with Gasteiger partial charge in [-0.25, -0.2) is 4.98 Å². The monoisotopic (exact) mass is 390 g/mol. The molecule has 1 saturated carbocycles. The zero-order valence-corrected chi connectivity index (χ0v) is 17.3. The highest BCUT2D eigenvalue weighted by atomic mass is 16.5. The van der Waals surface area contributed by atoms with Crippen LogP contribution in [0.15, 0.2) is 47.7 Å². The van der Waals surface area contributed by atoms with Gasteiger partial charge in [0.1, 0.15) is 5.82 Å². The minimum Gasteiger partial charge on any atom is -0.477 e. The minimum absolute atomic E-state index is 0.0225. The fourth-order valence-corrected chi connectivity index (χ4v) is 3.50. The lowest BCUT2D eigenvalue weighted by Crippen LogP contribution is -2.20. The summed E-state index contributed by atoms with van der Waals surface area (Å²) < 4.78 is 7.84. The van der Waals surface area contributed by atoms with Crippen molar-refractivity contribution in [1.29, 1.82) is 0 Å². The zero-order chi connectivity index (χ0) is 20.5. The summed E-state index contributed by atoms with van der Waals surface area (Å²) in [6, 6.07) is 7.67. The number of pyridine rings is 2. The molecular formula is C23H26N4O2. The number of hydrogen-bond acceptors (Lipinski definition) is 5. The average molecular weight is 390 g/mol. The third-order valence-electron chi connectivity index (χ3n) is 5.35. The molecule has 0 radical (unpaired) electrons. The van der Waals surface area contributed by atoms with Crippen molar-refractivity contribution >= 4 is 0 Å². The summed E-state index contributed by atoms with van der Waals surface area (Å²) in [7, 11) is 0. The van der Waals surface area contributed by atoms with Gasteiger partial charge < -0.3 is 9.30 Å². The molecule has 150 valence electrons. The summed E-state index contributed by atoms with van der Waals surface area (Å²) in [5.41, 5.74) is 3.96.